The Morgan fingerprint density at radius 2 is 1.95 bits per heavy atom. The first-order valence-corrected chi connectivity index (χ1v) is 12.7. The number of hydrogen-bond acceptors (Lipinski definition) is 8. The third-order valence-corrected chi connectivity index (χ3v) is 6.69. The molecule has 2 amide bonds. The standard InChI is InChI=1S/C26H21BrFNO7S/c1-3-34-21-11-15(10-18(27)23(21)35-14-16-6-4-5-7-19(16)28)12-22-24(30)29(26(32)37-22)13-17-8-9-20(36-17)25(31)33-2/h4-12H,3,13-14H2,1-2H3/b22-12+. The zero-order valence-corrected chi connectivity index (χ0v) is 22.2. The summed E-state index contributed by atoms with van der Waals surface area (Å²) in [6, 6.07) is 12.6. The summed E-state index contributed by atoms with van der Waals surface area (Å²) in [7, 11) is 1.23. The van der Waals surface area contributed by atoms with Gasteiger partial charge in [-0.05, 0) is 76.6 Å². The molecule has 0 aliphatic carbocycles. The van der Waals surface area contributed by atoms with Gasteiger partial charge in [-0.15, -0.1) is 0 Å². The molecular weight excluding hydrogens is 569 g/mol. The number of benzene rings is 2. The summed E-state index contributed by atoms with van der Waals surface area (Å²) in [6.07, 6.45) is 1.57. The largest absolute Gasteiger partial charge is 0.490 e. The molecule has 37 heavy (non-hydrogen) atoms. The summed E-state index contributed by atoms with van der Waals surface area (Å²) in [5.74, 6) is -0.510. The number of imide groups is 1. The van der Waals surface area contributed by atoms with E-state index in [1.165, 1.54) is 25.3 Å². The van der Waals surface area contributed by atoms with Crippen molar-refractivity contribution in [2.75, 3.05) is 13.7 Å². The molecule has 192 valence electrons. The monoisotopic (exact) mass is 589 g/mol. The minimum Gasteiger partial charge on any atom is -0.490 e. The third-order valence-electron chi connectivity index (χ3n) is 5.20. The molecule has 0 atom stereocenters. The molecule has 1 aromatic heterocycles. The zero-order chi connectivity index (χ0) is 26.5. The molecule has 0 spiro atoms. The van der Waals surface area contributed by atoms with Crippen molar-refractivity contribution in [2.24, 2.45) is 0 Å². The molecule has 2 aromatic carbocycles. The van der Waals surface area contributed by atoms with Crippen molar-refractivity contribution in [1.82, 2.24) is 4.90 Å². The average molecular weight is 590 g/mol. The van der Waals surface area contributed by atoms with Crippen molar-refractivity contribution in [3.05, 3.63) is 86.4 Å². The minimum atomic E-state index is -0.655. The highest BCUT2D eigenvalue weighted by Gasteiger charge is 2.36. The molecule has 1 saturated heterocycles. The van der Waals surface area contributed by atoms with E-state index in [2.05, 4.69) is 20.7 Å². The molecule has 1 fully saturated rings. The van der Waals surface area contributed by atoms with Crippen molar-refractivity contribution >= 4 is 50.9 Å². The number of amides is 2. The summed E-state index contributed by atoms with van der Waals surface area (Å²) >= 11 is 4.25. The predicted molar refractivity (Wildman–Crippen MR) is 138 cm³/mol. The number of hydrogen-bond donors (Lipinski definition) is 0. The van der Waals surface area contributed by atoms with Crippen molar-refractivity contribution in [2.45, 2.75) is 20.1 Å². The van der Waals surface area contributed by atoms with Crippen LogP contribution < -0.4 is 9.47 Å². The Labute approximate surface area is 224 Å². The highest BCUT2D eigenvalue weighted by molar-refractivity contribution is 9.10. The zero-order valence-electron chi connectivity index (χ0n) is 19.8. The number of carbonyl (C=O) groups is 3. The number of thioether (sulfide) groups is 1. The van der Waals surface area contributed by atoms with Gasteiger partial charge in [-0.2, -0.15) is 0 Å². The van der Waals surface area contributed by atoms with Crippen molar-refractivity contribution < 1.29 is 37.4 Å². The molecule has 2 heterocycles. The summed E-state index contributed by atoms with van der Waals surface area (Å²) in [6.45, 7) is 2.02. The SMILES string of the molecule is CCOc1cc(/C=C2/SC(=O)N(Cc3ccc(C(=O)OC)o3)C2=O)cc(Br)c1OCc1ccccc1F. The molecular formula is C26H21BrFNO7S. The summed E-state index contributed by atoms with van der Waals surface area (Å²) in [5.41, 5.74) is 0.981. The molecule has 0 N–H and O–H groups in total. The number of nitrogens with zero attached hydrogens (tertiary/aromatic N) is 1. The molecule has 8 nitrogen and oxygen atoms in total. The average Bonchev–Trinajstić information content (AvgIpc) is 3.44. The van der Waals surface area contributed by atoms with Gasteiger partial charge < -0.3 is 18.6 Å². The maximum Gasteiger partial charge on any atom is 0.373 e. The predicted octanol–water partition coefficient (Wildman–Crippen LogP) is 6.18. The number of carbonyl (C=O) groups excluding carboxylic acids is 3. The minimum absolute atomic E-state index is 0.00590. The second-order valence-electron chi connectivity index (χ2n) is 7.67. The van der Waals surface area contributed by atoms with E-state index in [9.17, 15) is 18.8 Å². The normalized spacial score (nSPS) is 14.4. The fourth-order valence-electron chi connectivity index (χ4n) is 3.46. The second-order valence-corrected chi connectivity index (χ2v) is 9.52. The molecule has 0 saturated carbocycles. The van der Waals surface area contributed by atoms with Gasteiger partial charge in [0.25, 0.3) is 11.1 Å². The Balaban J connectivity index is 1.53. The number of esters is 1. The van der Waals surface area contributed by atoms with Crippen LogP contribution in [0.15, 0.2) is 62.3 Å². The maximum atomic E-state index is 14.0. The quantitative estimate of drug-likeness (QED) is 0.215. The number of ether oxygens (including phenoxy) is 3. The molecule has 3 aromatic rings. The highest BCUT2D eigenvalue weighted by Crippen LogP contribution is 2.40. The van der Waals surface area contributed by atoms with Gasteiger partial charge in [0.1, 0.15) is 18.2 Å². The fourth-order valence-corrected chi connectivity index (χ4v) is 4.87. The van der Waals surface area contributed by atoms with Crippen molar-refractivity contribution in [3.8, 4) is 11.5 Å². The Kier molecular flexibility index (Phi) is 8.34. The summed E-state index contributed by atoms with van der Waals surface area (Å²) < 4.78 is 36.1. The van der Waals surface area contributed by atoms with E-state index in [1.807, 2.05) is 6.92 Å². The van der Waals surface area contributed by atoms with Crippen LogP contribution >= 0.6 is 27.7 Å². The maximum absolute atomic E-state index is 14.0. The molecule has 4 rings (SSSR count). The van der Waals surface area contributed by atoms with Crippen LogP contribution in [0, 0.1) is 5.82 Å². The van der Waals surface area contributed by atoms with Crippen LogP contribution in [0.5, 0.6) is 11.5 Å². The Bertz CT molecular complexity index is 1390. The van der Waals surface area contributed by atoms with Crippen molar-refractivity contribution in [1.29, 1.82) is 0 Å². The molecule has 1 aliphatic rings. The van der Waals surface area contributed by atoms with Crippen LogP contribution in [-0.4, -0.2) is 35.7 Å². The van der Waals surface area contributed by atoms with Gasteiger partial charge in [0.15, 0.2) is 11.5 Å². The first-order chi connectivity index (χ1) is 17.8. The van der Waals surface area contributed by atoms with Gasteiger partial charge in [0.05, 0.1) is 29.6 Å². The lowest BCUT2D eigenvalue weighted by Gasteiger charge is -2.15. The molecule has 0 bridgehead atoms. The topological polar surface area (TPSA) is 95.3 Å². The van der Waals surface area contributed by atoms with Crippen LogP contribution in [0.2, 0.25) is 0 Å². The second kappa shape index (κ2) is 11.7. The summed E-state index contributed by atoms with van der Waals surface area (Å²) in [5, 5.41) is -0.471. The van der Waals surface area contributed by atoms with E-state index in [4.69, 9.17) is 13.9 Å². The molecule has 11 heteroatoms. The number of methoxy groups -OCH3 is 1. The fraction of sp³-hybridized carbons (Fsp3) is 0.192. The van der Waals surface area contributed by atoms with Crippen LogP contribution in [0.25, 0.3) is 6.08 Å². The van der Waals surface area contributed by atoms with Gasteiger partial charge in [-0.1, -0.05) is 18.2 Å². The van der Waals surface area contributed by atoms with Gasteiger partial charge in [-0.3, -0.25) is 14.5 Å². The Morgan fingerprint density at radius 3 is 2.68 bits per heavy atom. The van der Waals surface area contributed by atoms with Crippen LogP contribution in [0.4, 0.5) is 9.18 Å². The molecule has 0 unspecified atom stereocenters. The number of furan rings is 1. The van der Waals surface area contributed by atoms with Gasteiger partial charge >= 0.3 is 5.97 Å². The Morgan fingerprint density at radius 1 is 1.16 bits per heavy atom. The number of rotatable bonds is 9. The van der Waals surface area contributed by atoms with Crippen LogP contribution in [0.1, 0.15) is 34.4 Å². The van der Waals surface area contributed by atoms with E-state index in [1.54, 1.807) is 36.4 Å². The lowest BCUT2D eigenvalue weighted by molar-refractivity contribution is -0.123. The Hall–Kier alpha value is -3.57. The lowest BCUT2D eigenvalue weighted by atomic mass is 10.1. The van der Waals surface area contributed by atoms with E-state index in [0.29, 0.717) is 33.7 Å². The molecule has 0 radical (unpaired) electrons. The van der Waals surface area contributed by atoms with Crippen LogP contribution in [0.3, 0.4) is 0 Å². The van der Waals surface area contributed by atoms with Crippen LogP contribution in [-0.2, 0) is 22.7 Å². The van der Waals surface area contributed by atoms with E-state index in [0.717, 1.165) is 16.7 Å². The van der Waals surface area contributed by atoms with Gasteiger partial charge in [0.2, 0.25) is 5.76 Å². The van der Waals surface area contributed by atoms with E-state index in [-0.39, 0.29) is 35.4 Å². The first-order valence-electron chi connectivity index (χ1n) is 11.1. The highest BCUT2D eigenvalue weighted by atomic mass is 79.9. The number of halogens is 2. The smallest absolute Gasteiger partial charge is 0.373 e. The van der Waals surface area contributed by atoms with E-state index < -0.39 is 17.1 Å². The van der Waals surface area contributed by atoms with E-state index >= 15 is 0 Å². The molecule has 1 aliphatic heterocycles. The van der Waals surface area contributed by atoms with Gasteiger partial charge in [-0.25, -0.2) is 9.18 Å². The first kappa shape index (κ1) is 26.5. The third kappa shape index (κ3) is 6.05. The van der Waals surface area contributed by atoms with Gasteiger partial charge in [0, 0.05) is 5.56 Å². The lowest BCUT2D eigenvalue weighted by Crippen LogP contribution is -2.27. The van der Waals surface area contributed by atoms with Crippen molar-refractivity contribution in [3.63, 3.8) is 0 Å². The summed E-state index contributed by atoms with van der Waals surface area (Å²) in [4.78, 5) is 38.3.